The van der Waals surface area contributed by atoms with Crippen molar-refractivity contribution < 1.29 is 14.6 Å². The summed E-state index contributed by atoms with van der Waals surface area (Å²) < 4.78 is 5.36. The molecule has 0 aliphatic carbocycles. The van der Waals surface area contributed by atoms with E-state index < -0.39 is 5.97 Å². The summed E-state index contributed by atoms with van der Waals surface area (Å²) >= 11 is 0. The van der Waals surface area contributed by atoms with Crippen molar-refractivity contribution in [1.82, 2.24) is 9.80 Å². The molecule has 0 spiro atoms. The fraction of sp³-hybridized carbons (Fsp3) is 0.923. The van der Waals surface area contributed by atoms with Gasteiger partial charge in [-0.1, -0.05) is 0 Å². The molecule has 1 N–H and O–H groups in total. The van der Waals surface area contributed by atoms with Crippen molar-refractivity contribution in [2.24, 2.45) is 5.92 Å². The Kier molecular flexibility index (Phi) is 4.59. The minimum Gasteiger partial charge on any atom is -0.481 e. The molecule has 2 rings (SSSR count). The third-order valence-electron chi connectivity index (χ3n) is 4.39. The zero-order chi connectivity index (χ0) is 13.1. The predicted octanol–water partition coefficient (Wildman–Crippen LogP) is 0.502. The first-order chi connectivity index (χ1) is 8.59. The topological polar surface area (TPSA) is 53.0 Å². The molecule has 5 nitrogen and oxygen atoms in total. The van der Waals surface area contributed by atoms with Gasteiger partial charge in [-0.2, -0.15) is 0 Å². The number of carbonyl (C=O) groups is 1. The second-order valence-electron chi connectivity index (χ2n) is 5.60. The highest BCUT2D eigenvalue weighted by Gasteiger charge is 2.38. The summed E-state index contributed by atoms with van der Waals surface area (Å²) in [5.74, 6) is -1.09. The van der Waals surface area contributed by atoms with Crippen LogP contribution in [0.5, 0.6) is 0 Å². The van der Waals surface area contributed by atoms with Gasteiger partial charge in [-0.15, -0.1) is 0 Å². The third kappa shape index (κ3) is 3.02. The molecule has 5 heteroatoms. The van der Waals surface area contributed by atoms with Crippen LogP contribution in [0.1, 0.15) is 19.3 Å². The van der Waals surface area contributed by atoms with Crippen LogP contribution < -0.4 is 0 Å². The molecular weight excluding hydrogens is 232 g/mol. The number of likely N-dealkylation sites (N-methyl/N-ethyl adjacent to an activating group) is 1. The van der Waals surface area contributed by atoms with E-state index in [1.807, 2.05) is 0 Å². The van der Waals surface area contributed by atoms with Gasteiger partial charge in [-0.25, -0.2) is 0 Å². The van der Waals surface area contributed by atoms with E-state index in [-0.39, 0.29) is 12.0 Å². The summed E-state index contributed by atoms with van der Waals surface area (Å²) in [4.78, 5) is 15.8. The summed E-state index contributed by atoms with van der Waals surface area (Å²) in [7, 11) is 4.21. The van der Waals surface area contributed by atoms with Crippen LogP contribution in [0, 0.1) is 5.92 Å². The summed E-state index contributed by atoms with van der Waals surface area (Å²) in [6.45, 7) is 3.16. The third-order valence-corrected chi connectivity index (χ3v) is 4.39. The molecule has 0 radical (unpaired) electrons. The van der Waals surface area contributed by atoms with Gasteiger partial charge in [-0.3, -0.25) is 9.69 Å². The highest BCUT2D eigenvalue weighted by molar-refractivity contribution is 5.71. The number of nitrogens with zero attached hydrogens (tertiary/aromatic N) is 2. The summed E-state index contributed by atoms with van der Waals surface area (Å²) in [6.07, 6.45) is 3.47. The molecule has 0 aromatic carbocycles. The van der Waals surface area contributed by atoms with Crippen LogP contribution >= 0.6 is 0 Å². The Hall–Kier alpha value is -0.650. The molecule has 3 unspecified atom stereocenters. The van der Waals surface area contributed by atoms with Crippen molar-refractivity contribution in [3.63, 3.8) is 0 Å². The molecule has 2 saturated heterocycles. The predicted molar refractivity (Wildman–Crippen MR) is 68.6 cm³/mol. The normalized spacial score (nSPS) is 34.7. The minimum atomic E-state index is -0.727. The maximum atomic E-state index is 11.2. The van der Waals surface area contributed by atoms with Crippen LogP contribution in [0.3, 0.4) is 0 Å². The van der Waals surface area contributed by atoms with Crippen molar-refractivity contribution in [3.8, 4) is 0 Å². The lowest BCUT2D eigenvalue weighted by Crippen LogP contribution is -2.46. The smallest absolute Gasteiger partial charge is 0.310 e. The van der Waals surface area contributed by atoms with Gasteiger partial charge in [0.15, 0.2) is 0 Å². The van der Waals surface area contributed by atoms with E-state index in [0.29, 0.717) is 19.3 Å². The van der Waals surface area contributed by atoms with Crippen LogP contribution in [0.2, 0.25) is 0 Å². The fourth-order valence-electron chi connectivity index (χ4n) is 3.08. The van der Waals surface area contributed by atoms with Crippen LogP contribution in [-0.2, 0) is 9.53 Å². The molecule has 2 fully saturated rings. The zero-order valence-electron chi connectivity index (χ0n) is 11.3. The summed E-state index contributed by atoms with van der Waals surface area (Å²) in [5, 5.41) is 9.21. The highest BCUT2D eigenvalue weighted by atomic mass is 16.5. The van der Waals surface area contributed by atoms with Gasteiger partial charge >= 0.3 is 5.97 Å². The number of hydrogen-bond donors (Lipinski definition) is 1. The number of hydrogen-bond acceptors (Lipinski definition) is 4. The molecule has 2 aliphatic rings. The Labute approximate surface area is 109 Å². The number of ether oxygens (including phenoxy) is 1. The molecule has 3 atom stereocenters. The van der Waals surface area contributed by atoms with E-state index in [1.54, 1.807) is 0 Å². The Morgan fingerprint density at radius 2 is 2.11 bits per heavy atom. The van der Waals surface area contributed by atoms with Crippen molar-refractivity contribution in [2.45, 2.75) is 31.3 Å². The number of likely N-dealkylation sites (tertiary alicyclic amines) is 1. The molecule has 104 valence electrons. The monoisotopic (exact) mass is 256 g/mol. The second kappa shape index (κ2) is 5.99. The lowest BCUT2D eigenvalue weighted by atomic mass is 9.98. The second-order valence-corrected chi connectivity index (χ2v) is 5.60. The van der Waals surface area contributed by atoms with E-state index in [2.05, 4.69) is 23.9 Å². The van der Waals surface area contributed by atoms with Gasteiger partial charge in [-0.05, 0) is 46.4 Å². The van der Waals surface area contributed by atoms with Crippen molar-refractivity contribution >= 4 is 5.97 Å². The number of carboxylic acid groups (broad SMARTS) is 1. The Morgan fingerprint density at radius 1 is 1.33 bits per heavy atom. The SMILES string of the molecule is CN1CCCC(N(C)C2COCC2C(=O)O)CC1. The minimum absolute atomic E-state index is 0.0379. The average molecular weight is 256 g/mol. The number of carboxylic acids is 1. The van der Waals surface area contributed by atoms with Crippen molar-refractivity contribution in [1.29, 1.82) is 0 Å². The molecule has 2 heterocycles. The molecule has 0 bridgehead atoms. The standard InChI is InChI=1S/C13H24N2O3/c1-14-6-3-4-10(5-7-14)15(2)12-9-18-8-11(12)13(16)17/h10-12H,3-9H2,1-2H3,(H,16,17). The van der Waals surface area contributed by atoms with Gasteiger partial charge in [0.25, 0.3) is 0 Å². The Morgan fingerprint density at radius 3 is 2.83 bits per heavy atom. The Balaban J connectivity index is 1.97. The van der Waals surface area contributed by atoms with Gasteiger partial charge in [0, 0.05) is 12.1 Å². The Bertz CT molecular complexity index is 298. The summed E-state index contributed by atoms with van der Waals surface area (Å²) in [5.41, 5.74) is 0. The van der Waals surface area contributed by atoms with Crippen LogP contribution in [0.4, 0.5) is 0 Å². The van der Waals surface area contributed by atoms with Crippen LogP contribution in [0.25, 0.3) is 0 Å². The van der Waals surface area contributed by atoms with Gasteiger partial charge in [0.1, 0.15) is 0 Å². The maximum Gasteiger partial charge on any atom is 0.310 e. The van der Waals surface area contributed by atoms with Crippen molar-refractivity contribution in [2.75, 3.05) is 40.4 Å². The van der Waals surface area contributed by atoms with E-state index in [4.69, 9.17) is 4.74 Å². The van der Waals surface area contributed by atoms with Crippen LogP contribution in [0.15, 0.2) is 0 Å². The van der Waals surface area contributed by atoms with E-state index in [1.165, 1.54) is 6.42 Å². The first-order valence-corrected chi connectivity index (χ1v) is 6.80. The van der Waals surface area contributed by atoms with E-state index in [9.17, 15) is 9.90 Å². The van der Waals surface area contributed by atoms with E-state index in [0.717, 1.165) is 25.9 Å². The average Bonchev–Trinajstić information content (AvgIpc) is 2.72. The number of aliphatic carboxylic acids is 1. The summed E-state index contributed by atoms with van der Waals surface area (Å²) in [6, 6.07) is 0.527. The molecule has 2 aliphatic heterocycles. The molecule has 0 amide bonds. The van der Waals surface area contributed by atoms with Crippen LogP contribution in [-0.4, -0.2) is 73.4 Å². The highest BCUT2D eigenvalue weighted by Crippen LogP contribution is 2.24. The lowest BCUT2D eigenvalue weighted by Gasteiger charge is -2.33. The van der Waals surface area contributed by atoms with E-state index >= 15 is 0 Å². The molecule has 0 aromatic rings. The lowest BCUT2D eigenvalue weighted by molar-refractivity contribution is -0.143. The number of rotatable bonds is 3. The quantitative estimate of drug-likeness (QED) is 0.797. The van der Waals surface area contributed by atoms with Gasteiger partial charge in [0.05, 0.1) is 19.1 Å². The molecular formula is C13H24N2O3. The first-order valence-electron chi connectivity index (χ1n) is 6.80. The van der Waals surface area contributed by atoms with Gasteiger partial charge in [0.2, 0.25) is 0 Å². The first kappa shape index (κ1) is 13.8. The van der Waals surface area contributed by atoms with Crippen molar-refractivity contribution in [3.05, 3.63) is 0 Å². The molecule has 0 aromatic heterocycles. The zero-order valence-corrected chi connectivity index (χ0v) is 11.3. The van der Waals surface area contributed by atoms with Gasteiger partial charge < -0.3 is 14.7 Å². The molecule has 18 heavy (non-hydrogen) atoms. The molecule has 0 saturated carbocycles. The fourth-order valence-corrected chi connectivity index (χ4v) is 3.08. The largest absolute Gasteiger partial charge is 0.481 e. The maximum absolute atomic E-state index is 11.2.